The molecule has 4 aromatic rings. The largest absolute Gasteiger partial charge is 0.495 e. The van der Waals surface area contributed by atoms with E-state index in [0.29, 0.717) is 53.8 Å². The van der Waals surface area contributed by atoms with Gasteiger partial charge < -0.3 is 29.7 Å². The molecule has 0 saturated heterocycles. The fourth-order valence-electron chi connectivity index (χ4n) is 4.82. The van der Waals surface area contributed by atoms with Gasteiger partial charge in [-0.2, -0.15) is 23.3 Å². The maximum absolute atomic E-state index is 14.1. The lowest BCUT2D eigenvalue weighted by Crippen LogP contribution is -2.24. The lowest BCUT2D eigenvalue weighted by Gasteiger charge is -2.19. The first kappa shape index (κ1) is 32.9. The zero-order valence-corrected chi connectivity index (χ0v) is 26.2. The van der Waals surface area contributed by atoms with Crippen LogP contribution in [0.4, 0.5) is 36.3 Å². The maximum atomic E-state index is 14.1. The molecule has 0 unspecified atom stereocenters. The van der Waals surface area contributed by atoms with Crippen molar-refractivity contribution in [3.8, 4) is 16.9 Å². The van der Waals surface area contributed by atoms with Crippen molar-refractivity contribution < 1.29 is 36.3 Å². The Hall–Kier alpha value is -4.46. The third-order valence-electron chi connectivity index (χ3n) is 6.95. The third kappa shape index (κ3) is 7.66. The molecule has 4 aliphatic rings. The van der Waals surface area contributed by atoms with Crippen LogP contribution in [-0.4, -0.2) is 52.5 Å². The van der Waals surface area contributed by atoms with E-state index in [1.54, 1.807) is 61.3 Å². The topological polar surface area (TPSA) is 142 Å². The Bertz CT molecular complexity index is 1770. The van der Waals surface area contributed by atoms with Crippen LogP contribution < -0.4 is 20.7 Å². The predicted molar refractivity (Wildman–Crippen MR) is 166 cm³/mol. The zero-order chi connectivity index (χ0) is 32.9. The van der Waals surface area contributed by atoms with E-state index >= 15 is 0 Å². The standard InChI is InChI=1S/C30H33F3N7O5P/c1-4-34-28(41)22-14-20-8-10-24(22)37-27-23(30(31,32)33)16-35-29(39-27)38-25-9-7-19(13-26(25)43-3)18-46(42,44-5-2)45-12-6-11-40-17-21(20)15-36-40/h7-10,13-17H,4-6,11-12,18H2,1-3H3,(H,34,41)(H2,35,37,38,39)/t46-/m1/s1. The Morgan fingerprint density at radius 2 is 1.91 bits per heavy atom. The van der Waals surface area contributed by atoms with Crippen molar-refractivity contribution in [2.75, 3.05) is 37.5 Å². The average molecular weight is 660 g/mol. The molecule has 3 N–H and O–H groups in total. The van der Waals surface area contributed by atoms with Crippen molar-refractivity contribution in [1.82, 2.24) is 25.1 Å². The van der Waals surface area contributed by atoms with Crippen molar-refractivity contribution in [3.05, 3.63) is 71.7 Å². The Labute approximate surface area is 263 Å². The van der Waals surface area contributed by atoms with Crippen LogP contribution in [0, 0.1) is 0 Å². The monoisotopic (exact) mass is 659 g/mol. The number of hydrogen-bond donors (Lipinski definition) is 3. The molecule has 0 saturated carbocycles. The molecule has 16 heteroatoms. The Kier molecular flexibility index (Phi) is 9.94. The second-order valence-electron chi connectivity index (χ2n) is 10.2. The number of anilines is 4. The molecule has 0 spiro atoms. The van der Waals surface area contributed by atoms with Gasteiger partial charge in [-0.05, 0) is 55.7 Å². The number of carbonyl (C=O) groups excluding carboxylic acids is 1. The van der Waals surface area contributed by atoms with Crippen molar-refractivity contribution in [2.24, 2.45) is 0 Å². The van der Waals surface area contributed by atoms with Gasteiger partial charge in [0.1, 0.15) is 17.1 Å². The number of ether oxygens (including phenoxy) is 1. The highest BCUT2D eigenvalue weighted by Gasteiger charge is 2.36. The van der Waals surface area contributed by atoms with Crippen LogP contribution >= 0.6 is 7.60 Å². The first-order valence-electron chi connectivity index (χ1n) is 14.5. The molecular formula is C30H33F3N7O5P. The number of hydrogen-bond acceptors (Lipinski definition) is 10. The normalized spacial score (nSPS) is 16.9. The first-order valence-corrected chi connectivity index (χ1v) is 16.2. The zero-order valence-electron chi connectivity index (χ0n) is 25.3. The molecule has 46 heavy (non-hydrogen) atoms. The van der Waals surface area contributed by atoms with Gasteiger partial charge in [0, 0.05) is 31.0 Å². The van der Waals surface area contributed by atoms with Crippen LogP contribution in [0.15, 0.2) is 55.0 Å². The number of alkyl halides is 3. The summed E-state index contributed by atoms with van der Waals surface area (Å²) < 4.78 is 74.4. The Morgan fingerprint density at radius 3 is 2.65 bits per heavy atom. The van der Waals surface area contributed by atoms with Gasteiger partial charge in [0.05, 0.1) is 49.6 Å². The quantitative estimate of drug-likeness (QED) is 0.197. The number of amides is 1. The first-order chi connectivity index (χ1) is 22.0. The van der Waals surface area contributed by atoms with E-state index in [0.717, 1.165) is 0 Å². The molecule has 4 aliphatic heterocycles. The molecule has 8 rings (SSSR count). The molecular weight excluding hydrogens is 626 g/mol. The van der Waals surface area contributed by atoms with Crippen LogP contribution in [0.3, 0.4) is 0 Å². The van der Waals surface area contributed by atoms with Crippen molar-refractivity contribution in [1.29, 1.82) is 0 Å². The molecule has 244 valence electrons. The van der Waals surface area contributed by atoms with E-state index < -0.39 is 31.1 Å². The molecule has 1 amide bonds. The van der Waals surface area contributed by atoms with Gasteiger partial charge in [-0.15, -0.1) is 0 Å². The SMILES string of the molecule is CCNC(=O)c1cc2ccc1Nc1nc(ncc1C(F)(F)F)Nc1ccc(cc1OC)C[P@@](=O)(OCC)OCCCn1cc-2cn1. The molecule has 2 aromatic carbocycles. The minimum Gasteiger partial charge on any atom is -0.495 e. The smallest absolute Gasteiger partial charge is 0.421 e. The number of halogens is 3. The van der Waals surface area contributed by atoms with Crippen LogP contribution in [0.5, 0.6) is 5.75 Å². The van der Waals surface area contributed by atoms with Gasteiger partial charge in [-0.25, -0.2) is 4.98 Å². The number of carbonyl (C=O) groups is 1. The van der Waals surface area contributed by atoms with Gasteiger partial charge in [-0.1, -0.05) is 12.1 Å². The van der Waals surface area contributed by atoms with Crippen LogP contribution in [0.25, 0.3) is 11.1 Å². The second kappa shape index (κ2) is 13.9. The summed E-state index contributed by atoms with van der Waals surface area (Å²) in [6.07, 6.45) is -0.305. The van der Waals surface area contributed by atoms with Crippen molar-refractivity contribution >= 4 is 36.6 Å². The molecule has 0 aliphatic carbocycles. The molecule has 1 atom stereocenters. The average Bonchev–Trinajstić information content (AvgIpc) is 3.49. The van der Waals surface area contributed by atoms with Gasteiger partial charge in [-0.3, -0.25) is 14.0 Å². The highest BCUT2D eigenvalue weighted by atomic mass is 31.2. The molecule has 8 bridgehead atoms. The molecule has 0 radical (unpaired) electrons. The predicted octanol–water partition coefficient (Wildman–Crippen LogP) is 6.75. The lowest BCUT2D eigenvalue weighted by molar-refractivity contribution is -0.137. The highest BCUT2D eigenvalue weighted by molar-refractivity contribution is 7.53. The van der Waals surface area contributed by atoms with Gasteiger partial charge in [0.2, 0.25) is 5.95 Å². The van der Waals surface area contributed by atoms with E-state index in [1.807, 2.05) is 0 Å². The molecule has 12 nitrogen and oxygen atoms in total. The Balaban J connectivity index is 1.62. The lowest BCUT2D eigenvalue weighted by atomic mass is 10.0. The number of methoxy groups -OCH3 is 1. The van der Waals surface area contributed by atoms with E-state index in [4.69, 9.17) is 13.8 Å². The summed E-state index contributed by atoms with van der Waals surface area (Å²) >= 11 is 0. The van der Waals surface area contributed by atoms with Crippen LogP contribution in [0.1, 0.15) is 41.8 Å². The number of aromatic nitrogens is 4. The minimum atomic E-state index is -4.80. The number of nitrogens with one attached hydrogen (secondary N) is 3. The highest BCUT2D eigenvalue weighted by Crippen LogP contribution is 2.52. The van der Waals surface area contributed by atoms with Gasteiger partial charge in [0.15, 0.2) is 0 Å². The fourth-order valence-corrected chi connectivity index (χ4v) is 6.52. The number of aryl methyl sites for hydroxylation is 1. The third-order valence-corrected chi connectivity index (χ3v) is 8.93. The van der Waals surface area contributed by atoms with Crippen molar-refractivity contribution in [2.45, 2.75) is 39.2 Å². The van der Waals surface area contributed by atoms with Crippen LogP contribution in [0.2, 0.25) is 0 Å². The molecule has 6 heterocycles. The summed E-state index contributed by atoms with van der Waals surface area (Å²) in [6, 6.07) is 9.64. The summed E-state index contributed by atoms with van der Waals surface area (Å²) in [6.45, 7) is 4.53. The van der Waals surface area contributed by atoms with Crippen molar-refractivity contribution in [3.63, 3.8) is 0 Å². The van der Waals surface area contributed by atoms with E-state index in [1.165, 1.54) is 13.2 Å². The van der Waals surface area contributed by atoms with Crippen LogP contribution in [-0.2, 0) is 32.5 Å². The summed E-state index contributed by atoms with van der Waals surface area (Å²) in [4.78, 5) is 21.1. The molecule has 0 fully saturated rings. The molecule has 2 aromatic heterocycles. The maximum Gasteiger partial charge on any atom is 0.421 e. The number of rotatable bonds is 5. The van der Waals surface area contributed by atoms with E-state index in [2.05, 4.69) is 31.0 Å². The second-order valence-corrected chi connectivity index (χ2v) is 12.3. The summed E-state index contributed by atoms with van der Waals surface area (Å²) in [5.41, 5.74) is 1.32. The van der Waals surface area contributed by atoms with Gasteiger partial charge >= 0.3 is 13.8 Å². The summed E-state index contributed by atoms with van der Waals surface area (Å²) in [7, 11) is -2.13. The fraction of sp³-hybridized carbons (Fsp3) is 0.333. The minimum absolute atomic E-state index is 0.0300. The Morgan fingerprint density at radius 1 is 1.11 bits per heavy atom. The summed E-state index contributed by atoms with van der Waals surface area (Å²) in [5, 5.41) is 12.7. The number of benzene rings is 2. The van der Waals surface area contributed by atoms with E-state index in [-0.39, 0.29) is 36.6 Å². The van der Waals surface area contributed by atoms with E-state index in [9.17, 15) is 22.5 Å². The summed E-state index contributed by atoms with van der Waals surface area (Å²) in [5.74, 6) is -0.932. The number of nitrogens with zero attached hydrogens (tertiary/aromatic N) is 4. The van der Waals surface area contributed by atoms with Gasteiger partial charge in [0.25, 0.3) is 5.91 Å².